The van der Waals surface area contributed by atoms with Crippen molar-refractivity contribution in [2.24, 2.45) is 0 Å². The van der Waals surface area contributed by atoms with Crippen LogP contribution in [0.25, 0.3) is 0 Å². The third kappa shape index (κ3) is 2.89. The molecule has 1 heterocycles. The van der Waals surface area contributed by atoms with Gasteiger partial charge in [0.25, 0.3) is 5.91 Å². The molecule has 2 rings (SSSR count). The van der Waals surface area contributed by atoms with Gasteiger partial charge in [-0.05, 0) is 25.0 Å². The zero-order chi connectivity index (χ0) is 15.6. The Hall–Kier alpha value is -2.37. The second-order valence-electron chi connectivity index (χ2n) is 5.36. The van der Waals surface area contributed by atoms with E-state index in [0.717, 1.165) is 5.56 Å². The number of nitrogens with zero attached hydrogens (tertiary/aromatic N) is 1. The first-order valence-corrected chi connectivity index (χ1v) is 6.79. The number of carboxylic acids is 1. The minimum atomic E-state index is -1.31. The molecule has 0 fully saturated rings. The number of hydrogen-bond donors (Lipinski definition) is 2. The fourth-order valence-corrected chi connectivity index (χ4v) is 2.26. The number of carbonyl (C=O) groups excluding carboxylic acids is 2. The van der Waals surface area contributed by atoms with E-state index in [1.807, 2.05) is 12.1 Å². The highest BCUT2D eigenvalue weighted by atomic mass is 16.4. The number of benzene rings is 1. The lowest BCUT2D eigenvalue weighted by Crippen LogP contribution is -2.54. The van der Waals surface area contributed by atoms with Crippen molar-refractivity contribution in [3.63, 3.8) is 0 Å². The van der Waals surface area contributed by atoms with E-state index in [-0.39, 0.29) is 18.9 Å². The molecule has 2 amide bonds. The summed E-state index contributed by atoms with van der Waals surface area (Å²) < 4.78 is 0. The summed E-state index contributed by atoms with van der Waals surface area (Å²) in [5.41, 5.74) is 0.167. The Kier molecular flexibility index (Phi) is 3.97. The molecule has 21 heavy (non-hydrogen) atoms. The Balaban J connectivity index is 2.03. The molecule has 6 nitrogen and oxygen atoms in total. The number of aliphatic carboxylic acids is 1. The highest BCUT2D eigenvalue weighted by Gasteiger charge is 2.34. The van der Waals surface area contributed by atoms with Gasteiger partial charge in [0.2, 0.25) is 5.91 Å². The largest absolute Gasteiger partial charge is 0.480 e. The number of carboxylic acid groups (broad SMARTS) is 1. The summed E-state index contributed by atoms with van der Waals surface area (Å²) >= 11 is 0. The number of rotatable bonds is 5. The number of amides is 2. The molecule has 1 aliphatic rings. The number of carbonyl (C=O) groups is 3. The van der Waals surface area contributed by atoms with Gasteiger partial charge in [0.1, 0.15) is 12.1 Å². The van der Waals surface area contributed by atoms with E-state index in [4.69, 9.17) is 5.11 Å². The van der Waals surface area contributed by atoms with E-state index in [1.165, 1.54) is 11.8 Å². The van der Waals surface area contributed by atoms with Crippen molar-refractivity contribution in [2.75, 3.05) is 6.54 Å². The standard InChI is InChI=1S/C15H18N2O4/c1-3-15(2,14(20)21)16-12(18)9-17-8-10-6-4-5-7-11(10)13(17)19/h4-7H,3,8-9H2,1-2H3,(H,16,18)(H,20,21). The fourth-order valence-electron chi connectivity index (χ4n) is 2.26. The summed E-state index contributed by atoms with van der Waals surface area (Å²) in [6.07, 6.45) is 0.266. The normalized spacial score (nSPS) is 16.3. The van der Waals surface area contributed by atoms with E-state index in [1.54, 1.807) is 19.1 Å². The lowest BCUT2D eigenvalue weighted by molar-refractivity contribution is -0.147. The topological polar surface area (TPSA) is 86.7 Å². The Labute approximate surface area is 122 Å². The van der Waals surface area contributed by atoms with Gasteiger partial charge in [0, 0.05) is 12.1 Å². The van der Waals surface area contributed by atoms with Gasteiger partial charge in [-0.15, -0.1) is 0 Å². The maximum Gasteiger partial charge on any atom is 0.329 e. The third-order valence-electron chi connectivity index (χ3n) is 3.83. The summed E-state index contributed by atoms with van der Waals surface area (Å²) in [4.78, 5) is 36.7. The summed E-state index contributed by atoms with van der Waals surface area (Å²) in [6, 6.07) is 7.19. The zero-order valence-corrected chi connectivity index (χ0v) is 12.0. The van der Waals surface area contributed by atoms with Crippen molar-refractivity contribution in [2.45, 2.75) is 32.4 Å². The Morgan fingerprint density at radius 3 is 2.62 bits per heavy atom. The predicted octanol–water partition coefficient (Wildman–Crippen LogP) is 1.01. The van der Waals surface area contributed by atoms with Gasteiger partial charge in [-0.1, -0.05) is 25.1 Å². The summed E-state index contributed by atoms with van der Waals surface area (Å²) in [5, 5.41) is 11.6. The van der Waals surface area contributed by atoms with Gasteiger partial charge >= 0.3 is 5.97 Å². The molecule has 0 bridgehead atoms. The molecular formula is C15H18N2O4. The van der Waals surface area contributed by atoms with Crippen LogP contribution >= 0.6 is 0 Å². The summed E-state index contributed by atoms with van der Waals surface area (Å²) in [7, 11) is 0. The maximum absolute atomic E-state index is 12.1. The van der Waals surface area contributed by atoms with Gasteiger partial charge in [0.05, 0.1) is 0 Å². The zero-order valence-electron chi connectivity index (χ0n) is 12.0. The molecule has 1 aromatic carbocycles. The van der Waals surface area contributed by atoms with E-state index < -0.39 is 17.4 Å². The van der Waals surface area contributed by atoms with Crippen molar-refractivity contribution in [3.8, 4) is 0 Å². The van der Waals surface area contributed by atoms with Gasteiger partial charge in [-0.25, -0.2) is 4.79 Å². The van der Waals surface area contributed by atoms with E-state index in [0.29, 0.717) is 12.1 Å². The molecule has 1 atom stereocenters. The molecule has 1 aromatic rings. The molecule has 0 aliphatic carbocycles. The van der Waals surface area contributed by atoms with Gasteiger partial charge in [-0.2, -0.15) is 0 Å². The summed E-state index contributed by atoms with van der Waals surface area (Å²) in [6.45, 7) is 3.37. The fraction of sp³-hybridized carbons (Fsp3) is 0.400. The maximum atomic E-state index is 12.1. The van der Waals surface area contributed by atoms with E-state index >= 15 is 0 Å². The molecule has 0 aromatic heterocycles. The second kappa shape index (κ2) is 5.55. The molecule has 0 radical (unpaired) electrons. The first-order valence-electron chi connectivity index (χ1n) is 6.79. The van der Waals surface area contributed by atoms with E-state index in [9.17, 15) is 14.4 Å². The van der Waals surface area contributed by atoms with Gasteiger partial charge < -0.3 is 15.3 Å². The lowest BCUT2D eigenvalue weighted by atomic mass is 9.99. The monoisotopic (exact) mass is 290 g/mol. The van der Waals surface area contributed by atoms with Crippen LogP contribution in [0.1, 0.15) is 36.2 Å². The molecule has 1 unspecified atom stereocenters. The predicted molar refractivity (Wildman–Crippen MR) is 75.7 cm³/mol. The number of fused-ring (bicyclic) bond motifs is 1. The second-order valence-corrected chi connectivity index (χ2v) is 5.36. The third-order valence-corrected chi connectivity index (χ3v) is 3.83. The molecule has 112 valence electrons. The van der Waals surface area contributed by atoms with Crippen molar-refractivity contribution in [3.05, 3.63) is 35.4 Å². The molecule has 0 spiro atoms. The Morgan fingerprint density at radius 2 is 2.05 bits per heavy atom. The number of nitrogens with one attached hydrogen (secondary N) is 1. The van der Waals surface area contributed by atoms with Crippen LogP contribution < -0.4 is 5.32 Å². The molecule has 0 saturated carbocycles. The van der Waals surface area contributed by atoms with E-state index in [2.05, 4.69) is 5.32 Å². The molecular weight excluding hydrogens is 272 g/mol. The van der Waals surface area contributed by atoms with Crippen molar-refractivity contribution >= 4 is 17.8 Å². The molecule has 6 heteroatoms. The quantitative estimate of drug-likeness (QED) is 0.847. The minimum Gasteiger partial charge on any atom is -0.480 e. The Morgan fingerprint density at radius 1 is 1.38 bits per heavy atom. The van der Waals surface area contributed by atoms with Crippen LogP contribution in [0.2, 0.25) is 0 Å². The SMILES string of the molecule is CCC(C)(NC(=O)CN1Cc2ccccc2C1=O)C(=O)O. The van der Waals surface area contributed by atoms with Crippen LogP contribution in [0.4, 0.5) is 0 Å². The smallest absolute Gasteiger partial charge is 0.329 e. The van der Waals surface area contributed by atoms with Gasteiger partial charge in [0.15, 0.2) is 0 Å². The number of hydrogen-bond acceptors (Lipinski definition) is 3. The van der Waals surface area contributed by atoms with Crippen LogP contribution in [-0.4, -0.2) is 39.9 Å². The van der Waals surface area contributed by atoms with Gasteiger partial charge in [-0.3, -0.25) is 9.59 Å². The lowest BCUT2D eigenvalue weighted by Gasteiger charge is -2.26. The minimum absolute atomic E-state index is 0.142. The highest BCUT2D eigenvalue weighted by Crippen LogP contribution is 2.22. The average Bonchev–Trinajstić information content (AvgIpc) is 2.75. The van der Waals surface area contributed by atoms with Crippen LogP contribution in [-0.2, 0) is 16.1 Å². The molecule has 1 aliphatic heterocycles. The van der Waals surface area contributed by atoms with Crippen molar-refractivity contribution in [1.82, 2.24) is 10.2 Å². The van der Waals surface area contributed by atoms with Crippen LogP contribution in [0, 0.1) is 0 Å². The molecule has 0 saturated heterocycles. The van der Waals surface area contributed by atoms with Crippen LogP contribution in [0.5, 0.6) is 0 Å². The average molecular weight is 290 g/mol. The first-order chi connectivity index (χ1) is 9.87. The van der Waals surface area contributed by atoms with Crippen LogP contribution in [0.3, 0.4) is 0 Å². The molecule has 2 N–H and O–H groups in total. The van der Waals surface area contributed by atoms with Crippen LogP contribution in [0.15, 0.2) is 24.3 Å². The van der Waals surface area contributed by atoms with Crippen molar-refractivity contribution < 1.29 is 19.5 Å². The van der Waals surface area contributed by atoms with Crippen molar-refractivity contribution in [1.29, 1.82) is 0 Å². The summed E-state index contributed by atoms with van der Waals surface area (Å²) in [5.74, 6) is -1.76. The first kappa shape index (κ1) is 15.0. The highest BCUT2D eigenvalue weighted by molar-refractivity contribution is 6.00. The Bertz CT molecular complexity index is 599.